The van der Waals surface area contributed by atoms with Gasteiger partial charge in [-0.2, -0.15) is 11.8 Å². The molecule has 4 heteroatoms. The molecule has 0 aliphatic carbocycles. The van der Waals surface area contributed by atoms with Crippen molar-refractivity contribution in [3.63, 3.8) is 0 Å². The quantitative estimate of drug-likeness (QED) is 0.823. The summed E-state index contributed by atoms with van der Waals surface area (Å²) < 4.78 is 8.56. The van der Waals surface area contributed by atoms with Crippen LogP contribution < -0.4 is 0 Å². The molecule has 1 unspecified atom stereocenters. The van der Waals surface area contributed by atoms with E-state index in [1.807, 2.05) is 6.20 Å². The smallest absolute Gasteiger partial charge is 0.108 e. The molecule has 0 radical (unpaired) electrons. The van der Waals surface area contributed by atoms with Crippen LogP contribution in [0.15, 0.2) is 12.4 Å². The highest BCUT2D eigenvalue weighted by Gasteiger charge is 2.39. The number of thioether (sulfide) groups is 1. The first-order valence-corrected chi connectivity index (χ1v) is 8.22. The van der Waals surface area contributed by atoms with Gasteiger partial charge in [-0.15, -0.1) is 0 Å². The lowest BCUT2D eigenvalue weighted by Gasteiger charge is -2.43. The van der Waals surface area contributed by atoms with Crippen molar-refractivity contribution in [2.24, 2.45) is 0 Å². The highest BCUT2D eigenvalue weighted by molar-refractivity contribution is 7.99. The van der Waals surface area contributed by atoms with Crippen molar-refractivity contribution in [2.75, 3.05) is 18.1 Å². The Hall–Kier alpha value is -0.480. The first-order valence-electron chi connectivity index (χ1n) is 7.06. The highest BCUT2D eigenvalue weighted by atomic mass is 32.2. The second kappa shape index (κ2) is 5.25. The van der Waals surface area contributed by atoms with Crippen LogP contribution in [0.25, 0.3) is 0 Å². The fourth-order valence-corrected chi connectivity index (χ4v) is 4.52. The molecule has 0 bridgehead atoms. The van der Waals surface area contributed by atoms with Crippen LogP contribution in [0, 0.1) is 0 Å². The summed E-state index contributed by atoms with van der Waals surface area (Å²) in [4.78, 5) is 4.46. The van der Waals surface area contributed by atoms with Crippen LogP contribution in [0.2, 0.25) is 0 Å². The second-order valence-corrected chi connectivity index (χ2v) is 6.62. The highest BCUT2D eigenvalue weighted by Crippen LogP contribution is 2.41. The molecular formula is C14H22N2OS. The molecular weight excluding hydrogens is 244 g/mol. The molecule has 2 aliphatic heterocycles. The topological polar surface area (TPSA) is 27.1 Å². The Morgan fingerprint density at radius 1 is 1.50 bits per heavy atom. The molecule has 3 rings (SSSR count). The fourth-order valence-electron chi connectivity index (χ4n) is 3.28. The van der Waals surface area contributed by atoms with E-state index in [0.717, 1.165) is 19.4 Å². The molecule has 2 saturated heterocycles. The van der Waals surface area contributed by atoms with Gasteiger partial charge in [0.25, 0.3) is 0 Å². The molecule has 3 heterocycles. The Balaban J connectivity index is 1.77. The Morgan fingerprint density at radius 3 is 3.11 bits per heavy atom. The van der Waals surface area contributed by atoms with Crippen LogP contribution in [-0.2, 0) is 11.2 Å². The molecule has 2 aliphatic rings. The molecule has 0 amide bonds. The minimum absolute atomic E-state index is 0.170. The van der Waals surface area contributed by atoms with Gasteiger partial charge in [0, 0.05) is 31.5 Å². The average Bonchev–Trinajstić information content (AvgIpc) is 2.88. The number of rotatable bonds is 2. The molecule has 100 valence electrons. The van der Waals surface area contributed by atoms with E-state index in [1.165, 1.54) is 36.6 Å². The monoisotopic (exact) mass is 266 g/mol. The Bertz CT molecular complexity index is 393. The first-order chi connectivity index (χ1) is 8.83. The maximum atomic E-state index is 6.16. The van der Waals surface area contributed by atoms with E-state index in [1.54, 1.807) is 0 Å². The second-order valence-electron chi connectivity index (χ2n) is 5.39. The molecule has 18 heavy (non-hydrogen) atoms. The van der Waals surface area contributed by atoms with Crippen LogP contribution in [-0.4, -0.2) is 33.3 Å². The van der Waals surface area contributed by atoms with E-state index in [2.05, 4.69) is 34.4 Å². The Kier molecular flexibility index (Phi) is 3.66. The van der Waals surface area contributed by atoms with Gasteiger partial charge in [0.05, 0.1) is 5.60 Å². The summed E-state index contributed by atoms with van der Waals surface area (Å²) in [5, 5.41) is 0. The van der Waals surface area contributed by atoms with E-state index in [0.29, 0.717) is 6.04 Å². The number of aromatic nitrogens is 2. The van der Waals surface area contributed by atoms with E-state index >= 15 is 0 Å². The van der Waals surface area contributed by atoms with Crippen LogP contribution in [0.3, 0.4) is 0 Å². The van der Waals surface area contributed by atoms with Crippen LogP contribution in [0.5, 0.6) is 0 Å². The third-order valence-electron chi connectivity index (χ3n) is 4.33. The zero-order chi connectivity index (χ0) is 12.4. The molecule has 1 aromatic rings. The van der Waals surface area contributed by atoms with Crippen molar-refractivity contribution in [3.05, 3.63) is 18.2 Å². The van der Waals surface area contributed by atoms with Crippen LogP contribution >= 0.6 is 11.8 Å². The first kappa shape index (κ1) is 12.5. The molecule has 0 N–H and O–H groups in total. The van der Waals surface area contributed by atoms with Gasteiger partial charge in [0.2, 0.25) is 0 Å². The summed E-state index contributed by atoms with van der Waals surface area (Å²) in [5.41, 5.74) is 0.170. The summed E-state index contributed by atoms with van der Waals surface area (Å²) in [6.45, 7) is 3.10. The lowest BCUT2D eigenvalue weighted by atomic mass is 9.85. The van der Waals surface area contributed by atoms with Crippen molar-refractivity contribution in [2.45, 2.75) is 50.7 Å². The SMILES string of the molecule is CCc1nccn1C1CCOC2(CCSCC2)C1. The van der Waals surface area contributed by atoms with Crippen LogP contribution in [0.1, 0.15) is 44.5 Å². The lowest BCUT2D eigenvalue weighted by Crippen LogP contribution is -2.43. The van der Waals surface area contributed by atoms with Gasteiger partial charge in [0.15, 0.2) is 0 Å². The minimum atomic E-state index is 0.170. The third kappa shape index (κ3) is 2.32. The van der Waals surface area contributed by atoms with Crippen LogP contribution in [0.4, 0.5) is 0 Å². The minimum Gasteiger partial charge on any atom is -0.375 e. The van der Waals surface area contributed by atoms with Gasteiger partial charge in [-0.25, -0.2) is 4.98 Å². The van der Waals surface area contributed by atoms with Crippen molar-refractivity contribution in [3.8, 4) is 0 Å². The number of hydrogen-bond acceptors (Lipinski definition) is 3. The van der Waals surface area contributed by atoms with Gasteiger partial charge in [-0.3, -0.25) is 0 Å². The largest absolute Gasteiger partial charge is 0.375 e. The average molecular weight is 266 g/mol. The summed E-state index contributed by atoms with van der Waals surface area (Å²) >= 11 is 2.07. The van der Waals surface area contributed by atoms with E-state index in [9.17, 15) is 0 Å². The van der Waals surface area contributed by atoms with Crippen molar-refractivity contribution in [1.29, 1.82) is 0 Å². The number of nitrogens with zero attached hydrogens (tertiary/aromatic N) is 2. The normalized spacial score (nSPS) is 27.5. The van der Waals surface area contributed by atoms with E-state index < -0.39 is 0 Å². The summed E-state index contributed by atoms with van der Waals surface area (Å²) in [6.07, 6.45) is 9.88. The molecule has 1 spiro atoms. The summed E-state index contributed by atoms with van der Waals surface area (Å²) in [6, 6.07) is 0.597. The number of imidazole rings is 1. The van der Waals surface area contributed by atoms with Gasteiger partial charge >= 0.3 is 0 Å². The molecule has 1 aromatic heterocycles. The van der Waals surface area contributed by atoms with Gasteiger partial charge < -0.3 is 9.30 Å². The summed E-state index contributed by atoms with van der Waals surface area (Å²) in [7, 11) is 0. The van der Waals surface area contributed by atoms with E-state index in [-0.39, 0.29) is 5.60 Å². The van der Waals surface area contributed by atoms with Crippen molar-refractivity contribution in [1.82, 2.24) is 9.55 Å². The predicted molar refractivity (Wildman–Crippen MR) is 75.1 cm³/mol. The Labute approximate surface area is 113 Å². The predicted octanol–water partition coefficient (Wildman–Crippen LogP) is 3.06. The molecule has 0 saturated carbocycles. The van der Waals surface area contributed by atoms with Gasteiger partial charge in [-0.1, -0.05) is 6.92 Å². The van der Waals surface area contributed by atoms with Gasteiger partial charge in [-0.05, 0) is 37.2 Å². The standard InChI is InChI=1S/C14H22N2OS/c1-2-13-15-6-7-16(13)12-3-8-17-14(11-12)4-9-18-10-5-14/h6-7,12H,2-5,8-11H2,1H3. The maximum Gasteiger partial charge on any atom is 0.108 e. The van der Waals surface area contributed by atoms with Crippen molar-refractivity contribution >= 4 is 11.8 Å². The lowest BCUT2D eigenvalue weighted by molar-refractivity contribution is -0.0990. The number of aryl methyl sites for hydroxylation is 1. The zero-order valence-corrected chi connectivity index (χ0v) is 11.9. The van der Waals surface area contributed by atoms with E-state index in [4.69, 9.17) is 4.74 Å². The summed E-state index contributed by atoms with van der Waals surface area (Å²) in [5.74, 6) is 3.75. The van der Waals surface area contributed by atoms with Gasteiger partial charge in [0.1, 0.15) is 5.82 Å². The number of ether oxygens (including phenoxy) is 1. The maximum absolute atomic E-state index is 6.16. The Morgan fingerprint density at radius 2 is 2.33 bits per heavy atom. The van der Waals surface area contributed by atoms with Crippen molar-refractivity contribution < 1.29 is 4.74 Å². The molecule has 1 atom stereocenters. The molecule has 3 nitrogen and oxygen atoms in total. The zero-order valence-electron chi connectivity index (χ0n) is 11.1. The molecule has 0 aromatic carbocycles. The fraction of sp³-hybridized carbons (Fsp3) is 0.786. The molecule has 2 fully saturated rings. The third-order valence-corrected chi connectivity index (χ3v) is 5.32. The number of hydrogen-bond donors (Lipinski definition) is 0.